The molecule has 4 rings (SSSR count). The van der Waals surface area contributed by atoms with Crippen LogP contribution in [-0.2, 0) is 12.8 Å². The fraction of sp³-hybridized carbons (Fsp3) is 0.300. The number of aryl methyl sites for hydroxylation is 1. The van der Waals surface area contributed by atoms with Gasteiger partial charge in [-0.3, -0.25) is 4.79 Å². The number of hydrogen-bond donors (Lipinski definition) is 2. The Morgan fingerprint density at radius 2 is 2.12 bits per heavy atom. The van der Waals surface area contributed by atoms with Gasteiger partial charge in [-0.05, 0) is 61.1 Å². The molecule has 3 aromatic rings. The number of fused-ring (bicyclic) bond motifs is 2. The van der Waals surface area contributed by atoms with Crippen LogP contribution >= 0.6 is 11.3 Å². The number of ether oxygens (including phenoxy) is 1. The zero-order valence-electron chi connectivity index (χ0n) is 14.8. The van der Waals surface area contributed by atoms with Crippen LogP contribution in [0.5, 0.6) is 5.75 Å². The molecule has 0 spiro atoms. The monoisotopic (exact) mass is 367 g/mol. The second-order valence-electron chi connectivity index (χ2n) is 6.82. The fourth-order valence-corrected chi connectivity index (χ4v) is 4.39. The van der Waals surface area contributed by atoms with Gasteiger partial charge in [-0.1, -0.05) is 6.92 Å². The summed E-state index contributed by atoms with van der Waals surface area (Å²) in [6, 6.07) is 9.35. The van der Waals surface area contributed by atoms with E-state index in [4.69, 9.17) is 15.5 Å². The lowest BCUT2D eigenvalue weighted by Crippen LogP contribution is -2.12. The normalized spacial score (nSPS) is 16.3. The Morgan fingerprint density at radius 1 is 1.35 bits per heavy atom. The molecule has 0 bridgehead atoms. The van der Waals surface area contributed by atoms with Gasteiger partial charge in [-0.15, -0.1) is 11.3 Å². The average Bonchev–Trinajstić information content (AvgIpc) is 2.96. The smallest absolute Gasteiger partial charge is 0.267 e. The molecule has 1 aliphatic carbocycles. The van der Waals surface area contributed by atoms with Crippen molar-refractivity contribution in [3.05, 3.63) is 46.5 Å². The predicted octanol–water partition coefficient (Wildman–Crippen LogP) is 4.26. The number of benzene rings is 1. The molecule has 0 unspecified atom stereocenters. The molecule has 1 aromatic carbocycles. The quantitative estimate of drug-likeness (QED) is 0.725. The highest BCUT2D eigenvalue weighted by atomic mass is 32.1. The number of thiophene rings is 1. The van der Waals surface area contributed by atoms with E-state index in [0.717, 1.165) is 40.9 Å². The number of rotatable bonds is 3. The van der Waals surface area contributed by atoms with E-state index >= 15 is 0 Å². The SMILES string of the molecule is COc1ccc(NC(=O)c2sc3nc4c(cc3c2N)C[C@H](C)CC4)cc1. The number of nitrogens with zero attached hydrogens (tertiary/aromatic N) is 1. The number of nitrogens with two attached hydrogens (primary N) is 1. The molecule has 0 radical (unpaired) electrons. The Morgan fingerprint density at radius 3 is 2.85 bits per heavy atom. The third kappa shape index (κ3) is 3.01. The number of pyridine rings is 1. The third-order valence-electron chi connectivity index (χ3n) is 4.89. The highest BCUT2D eigenvalue weighted by Crippen LogP contribution is 2.36. The molecule has 1 atom stereocenters. The van der Waals surface area contributed by atoms with Gasteiger partial charge in [0.1, 0.15) is 15.5 Å². The summed E-state index contributed by atoms with van der Waals surface area (Å²) in [6.45, 7) is 2.26. The van der Waals surface area contributed by atoms with Crippen LogP contribution in [0.4, 0.5) is 11.4 Å². The van der Waals surface area contributed by atoms with Crippen molar-refractivity contribution >= 4 is 38.8 Å². The van der Waals surface area contributed by atoms with E-state index in [-0.39, 0.29) is 5.91 Å². The summed E-state index contributed by atoms with van der Waals surface area (Å²) in [5, 5.41) is 3.79. The number of hydrogen-bond acceptors (Lipinski definition) is 5. The van der Waals surface area contributed by atoms with Gasteiger partial charge in [0.25, 0.3) is 5.91 Å². The van der Waals surface area contributed by atoms with Crippen molar-refractivity contribution in [2.24, 2.45) is 5.92 Å². The zero-order chi connectivity index (χ0) is 18.3. The second-order valence-corrected chi connectivity index (χ2v) is 7.82. The van der Waals surface area contributed by atoms with E-state index in [2.05, 4.69) is 18.3 Å². The first-order valence-corrected chi connectivity index (χ1v) is 9.53. The average molecular weight is 367 g/mol. The fourth-order valence-electron chi connectivity index (χ4n) is 3.40. The molecular formula is C20H21N3O2S. The van der Waals surface area contributed by atoms with E-state index < -0.39 is 0 Å². The van der Waals surface area contributed by atoms with E-state index in [1.54, 1.807) is 31.4 Å². The third-order valence-corrected chi connectivity index (χ3v) is 6.00. The molecule has 0 fully saturated rings. The lowest BCUT2D eigenvalue weighted by molar-refractivity contribution is 0.103. The van der Waals surface area contributed by atoms with Crippen LogP contribution in [0.3, 0.4) is 0 Å². The Balaban J connectivity index is 1.65. The Kier molecular flexibility index (Phi) is 4.28. The van der Waals surface area contributed by atoms with Crippen molar-refractivity contribution in [2.75, 3.05) is 18.2 Å². The standard InChI is InChI=1S/C20H21N3O2S/c1-11-3-8-16-12(9-11)10-15-17(21)18(26-20(15)23-16)19(24)22-13-4-6-14(25-2)7-5-13/h4-7,10-11H,3,8-9,21H2,1-2H3,(H,22,24)/t11-/m1/s1. The molecule has 0 saturated heterocycles. The highest BCUT2D eigenvalue weighted by Gasteiger charge is 2.22. The summed E-state index contributed by atoms with van der Waals surface area (Å²) >= 11 is 1.36. The minimum atomic E-state index is -0.206. The summed E-state index contributed by atoms with van der Waals surface area (Å²) in [5.41, 5.74) is 9.94. The first-order chi connectivity index (χ1) is 12.5. The summed E-state index contributed by atoms with van der Waals surface area (Å²) in [7, 11) is 1.61. The number of carbonyl (C=O) groups excluding carboxylic acids is 1. The van der Waals surface area contributed by atoms with Crippen LogP contribution in [0.15, 0.2) is 30.3 Å². The number of nitrogens with one attached hydrogen (secondary N) is 1. The molecule has 5 nitrogen and oxygen atoms in total. The Labute approximate surface area is 156 Å². The van der Waals surface area contributed by atoms with Crippen molar-refractivity contribution in [3.8, 4) is 5.75 Å². The van der Waals surface area contributed by atoms with Gasteiger partial charge in [0.05, 0.1) is 12.8 Å². The molecule has 2 aromatic heterocycles. The van der Waals surface area contributed by atoms with Crippen LogP contribution < -0.4 is 15.8 Å². The molecule has 26 heavy (non-hydrogen) atoms. The highest BCUT2D eigenvalue weighted by molar-refractivity contribution is 7.21. The van der Waals surface area contributed by atoms with Crippen molar-refractivity contribution in [3.63, 3.8) is 0 Å². The van der Waals surface area contributed by atoms with Crippen LogP contribution in [0.25, 0.3) is 10.2 Å². The van der Waals surface area contributed by atoms with E-state index in [9.17, 15) is 4.79 Å². The number of anilines is 2. The topological polar surface area (TPSA) is 77.2 Å². The minimum absolute atomic E-state index is 0.206. The number of carbonyl (C=O) groups is 1. The van der Waals surface area contributed by atoms with Crippen LogP contribution in [0.1, 0.15) is 34.3 Å². The minimum Gasteiger partial charge on any atom is -0.497 e. The second kappa shape index (κ2) is 6.61. The number of aromatic nitrogens is 1. The first kappa shape index (κ1) is 16.8. The van der Waals surface area contributed by atoms with Gasteiger partial charge in [-0.25, -0.2) is 4.98 Å². The maximum atomic E-state index is 12.7. The van der Waals surface area contributed by atoms with Crippen molar-refractivity contribution in [1.82, 2.24) is 4.98 Å². The summed E-state index contributed by atoms with van der Waals surface area (Å²) in [4.78, 5) is 18.8. The number of methoxy groups -OCH3 is 1. The lowest BCUT2D eigenvalue weighted by atomic mass is 9.87. The number of amides is 1. The molecule has 6 heteroatoms. The van der Waals surface area contributed by atoms with Crippen LogP contribution in [0, 0.1) is 5.92 Å². The van der Waals surface area contributed by atoms with E-state index in [1.807, 2.05) is 0 Å². The lowest BCUT2D eigenvalue weighted by Gasteiger charge is -2.20. The summed E-state index contributed by atoms with van der Waals surface area (Å²) < 4.78 is 5.14. The molecule has 0 saturated carbocycles. The molecule has 3 N–H and O–H groups in total. The van der Waals surface area contributed by atoms with Gasteiger partial charge in [0, 0.05) is 16.8 Å². The van der Waals surface area contributed by atoms with Gasteiger partial charge in [0.15, 0.2) is 0 Å². The number of nitrogen functional groups attached to an aromatic ring is 1. The van der Waals surface area contributed by atoms with Crippen LogP contribution in [-0.4, -0.2) is 18.0 Å². The largest absolute Gasteiger partial charge is 0.497 e. The van der Waals surface area contributed by atoms with Crippen LogP contribution in [0.2, 0.25) is 0 Å². The molecule has 134 valence electrons. The van der Waals surface area contributed by atoms with E-state index in [1.165, 1.54) is 16.9 Å². The molecular weight excluding hydrogens is 346 g/mol. The van der Waals surface area contributed by atoms with Gasteiger partial charge < -0.3 is 15.8 Å². The predicted molar refractivity (Wildman–Crippen MR) is 106 cm³/mol. The Hall–Kier alpha value is -2.60. The molecule has 1 aliphatic rings. The van der Waals surface area contributed by atoms with Crippen molar-refractivity contribution < 1.29 is 9.53 Å². The van der Waals surface area contributed by atoms with Gasteiger partial charge in [0.2, 0.25) is 0 Å². The van der Waals surface area contributed by atoms with Crippen molar-refractivity contribution in [2.45, 2.75) is 26.2 Å². The van der Waals surface area contributed by atoms with Gasteiger partial charge >= 0.3 is 0 Å². The first-order valence-electron chi connectivity index (χ1n) is 8.71. The summed E-state index contributed by atoms with van der Waals surface area (Å²) in [5.74, 6) is 1.20. The maximum Gasteiger partial charge on any atom is 0.267 e. The summed E-state index contributed by atoms with van der Waals surface area (Å²) in [6.07, 6.45) is 3.19. The molecule has 1 amide bonds. The van der Waals surface area contributed by atoms with Crippen molar-refractivity contribution in [1.29, 1.82) is 0 Å². The maximum absolute atomic E-state index is 12.7. The molecule has 0 aliphatic heterocycles. The Bertz CT molecular complexity index is 979. The van der Waals surface area contributed by atoms with Gasteiger partial charge in [-0.2, -0.15) is 0 Å². The molecule has 2 heterocycles. The zero-order valence-corrected chi connectivity index (χ0v) is 15.7. The van der Waals surface area contributed by atoms with E-state index in [0.29, 0.717) is 22.2 Å².